The minimum Gasteiger partial charge on any atom is -0.376 e. The first-order chi connectivity index (χ1) is 7.29. The van der Waals surface area contributed by atoms with Crippen LogP contribution in [0.5, 0.6) is 0 Å². The van der Waals surface area contributed by atoms with E-state index in [2.05, 4.69) is 6.92 Å². The zero-order valence-electron chi connectivity index (χ0n) is 9.58. The predicted molar refractivity (Wildman–Crippen MR) is 58.6 cm³/mol. The average Bonchev–Trinajstić information content (AvgIpc) is 2.93. The van der Waals surface area contributed by atoms with Crippen LogP contribution in [0.2, 0.25) is 0 Å². The first-order valence-corrected chi connectivity index (χ1v) is 6.19. The Bertz CT molecular complexity index is 226. The minimum absolute atomic E-state index is 0.301. The molecule has 3 nitrogen and oxygen atoms in total. The average molecular weight is 211 g/mol. The Hall–Kier alpha value is -0.570. The third-order valence-corrected chi connectivity index (χ3v) is 3.23. The summed E-state index contributed by atoms with van der Waals surface area (Å²) in [4.78, 5) is 13.6. The molecule has 0 N–H and O–H groups in total. The molecule has 1 aliphatic carbocycles. The summed E-state index contributed by atoms with van der Waals surface area (Å²) in [5.41, 5.74) is 0. The van der Waals surface area contributed by atoms with Crippen LogP contribution >= 0.6 is 0 Å². The van der Waals surface area contributed by atoms with E-state index in [1.165, 1.54) is 12.8 Å². The molecule has 2 fully saturated rings. The molecule has 15 heavy (non-hydrogen) atoms. The molecular formula is C12H21NO2. The fourth-order valence-corrected chi connectivity index (χ4v) is 2.02. The maximum absolute atomic E-state index is 11.6. The number of ether oxygens (including phenoxy) is 1. The molecule has 0 bridgehead atoms. The largest absolute Gasteiger partial charge is 0.376 e. The van der Waals surface area contributed by atoms with Gasteiger partial charge in [-0.3, -0.25) is 4.79 Å². The maximum atomic E-state index is 11.6. The number of hydrogen-bond acceptors (Lipinski definition) is 2. The molecule has 0 spiro atoms. The molecule has 0 aromatic carbocycles. The van der Waals surface area contributed by atoms with Crippen LogP contribution in [-0.4, -0.2) is 36.6 Å². The molecule has 2 rings (SSSR count). The van der Waals surface area contributed by atoms with E-state index < -0.39 is 0 Å². The molecule has 1 aliphatic heterocycles. The lowest BCUT2D eigenvalue weighted by Gasteiger charge is -2.16. The van der Waals surface area contributed by atoms with Crippen molar-refractivity contribution in [1.82, 2.24) is 4.90 Å². The van der Waals surface area contributed by atoms with Gasteiger partial charge in [0.15, 0.2) is 0 Å². The summed E-state index contributed by atoms with van der Waals surface area (Å²) in [6.45, 7) is 4.69. The number of amides is 1. The van der Waals surface area contributed by atoms with Gasteiger partial charge < -0.3 is 9.64 Å². The molecule has 86 valence electrons. The molecule has 1 saturated carbocycles. The van der Waals surface area contributed by atoms with Crippen LogP contribution in [0, 0.1) is 5.92 Å². The molecule has 1 heterocycles. The van der Waals surface area contributed by atoms with E-state index in [0.717, 1.165) is 38.5 Å². The summed E-state index contributed by atoms with van der Waals surface area (Å²) in [5, 5.41) is 0. The highest BCUT2D eigenvalue weighted by atomic mass is 16.5. The standard InChI is InChI=1S/C12H21NO2/c1-2-3-12(14)13-7-6-11(8-13)15-9-10-4-5-10/h10-11H,2-9H2,1H3. The minimum atomic E-state index is 0.301. The number of nitrogens with zero attached hydrogens (tertiary/aromatic N) is 1. The molecule has 0 aromatic heterocycles. The van der Waals surface area contributed by atoms with Crippen LogP contribution in [0.25, 0.3) is 0 Å². The summed E-state index contributed by atoms with van der Waals surface area (Å²) in [6.07, 6.45) is 5.66. The van der Waals surface area contributed by atoms with E-state index in [1.807, 2.05) is 4.90 Å². The number of hydrogen-bond donors (Lipinski definition) is 0. The first-order valence-electron chi connectivity index (χ1n) is 6.19. The Morgan fingerprint density at radius 1 is 1.40 bits per heavy atom. The summed E-state index contributed by atoms with van der Waals surface area (Å²) in [6, 6.07) is 0. The fraction of sp³-hybridized carbons (Fsp3) is 0.917. The van der Waals surface area contributed by atoms with Crippen LogP contribution in [0.4, 0.5) is 0 Å². The lowest BCUT2D eigenvalue weighted by Crippen LogP contribution is -2.29. The number of carbonyl (C=O) groups is 1. The van der Waals surface area contributed by atoms with Gasteiger partial charge in [-0.15, -0.1) is 0 Å². The zero-order valence-corrected chi connectivity index (χ0v) is 9.58. The van der Waals surface area contributed by atoms with Crippen LogP contribution in [-0.2, 0) is 9.53 Å². The Labute approximate surface area is 91.8 Å². The second kappa shape index (κ2) is 4.97. The second-order valence-electron chi connectivity index (χ2n) is 4.78. The molecular weight excluding hydrogens is 190 g/mol. The smallest absolute Gasteiger partial charge is 0.222 e. The van der Waals surface area contributed by atoms with Crippen molar-refractivity contribution in [3.63, 3.8) is 0 Å². The Kier molecular flexibility index (Phi) is 3.62. The number of rotatable bonds is 5. The van der Waals surface area contributed by atoms with Gasteiger partial charge in [-0.05, 0) is 31.6 Å². The van der Waals surface area contributed by atoms with Gasteiger partial charge in [-0.1, -0.05) is 6.92 Å². The van der Waals surface area contributed by atoms with Crippen molar-refractivity contribution in [1.29, 1.82) is 0 Å². The SMILES string of the molecule is CCCC(=O)N1CCC(OCC2CC2)C1. The van der Waals surface area contributed by atoms with Gasteiger partial charge in [0.2, 0.25) is 5.91 Å². The third-order valence-electron chi connectivity index (χ3n) is 3.23. The quantitative estimate of drug-likeness (QED) is 0.694. The van der Waals surface area contributed by atoms with E-state index in [4.69, 9.17) is 4.74 Å². The van der Waals surface area contributed by atoms with E-state index >= 15 is 0 Å². The van der Waals surface area contributed by atoms with Gasteiger partial charge in [0, 0.05) is 26.1 Å². The van der Waals surface area contributed by atoms with Crippen LogP contribution in [0.3, 0.4) is 0 Å². The molecule has 1 atom stereocenters. The lowest BCUT2D eigenvalue weighted by molar-refractivity contribution is -0.130. The van der Waals surface area contributed by atoms with Crippen LogP contribution in [0.15, 0.2) is 0 Å². The normalized spacial score (nSPS) is 25.9. The van der Waals surface area contributed by atoms with E-state index in [0.29, 0.717) is 18.4 Å². The van der Waals surface area contributed by atoms with Crippen molar-refractivity contribution in [2.45, 2.75) is 45.1 Å². The van der Waals surface area contributed by atoms with Gasteiger partial charge in [-0.25, -0.2) is 0 Å². The number of likely N-dealkylation sites (tertiary alicyclic amines) is 1. The Balaban J connectivity index is 1.66. The van der Waals surface area contributed by atoms with Crippen molar-refractivity contribution in [3.05, 3.63) is 0 Å². The molecule has 2 aliphatic rings. The summed E-state index contributed by atoms with van der Waals surface area (Å²) >= 11 is 0. The number of carbonyl (C=O) groups excluding carboxylic acids is 1. The van der Waals surface area contributed by atoms with Crippen molar-refractivity contribution >= 4 is 5.91 Å². The fourth-order valence-electron chi connectivity index (χ4n) is 2.02. The van der Waals surface area contributed by atoms with Gasteiger partial charge >= 0.3 is 0 Å². The van der Waals surface area contributed by atoms with Gasteiger partial charge in [0.1, 0.15) is 0 Å². The Morgan fingerprint density at radius 2 is 2.20 bits per heavy atom. The third kappa shape index (κ3) is 3.20. The highest BCUT2D eigenvalue weighted by Crippen LogP contribution is 2.30. The van der Waals surface area contributed by atoms with Crippen LogP contribution in [0.1, 0.15) is 39.0 Å². The van der Waals surface area contributed by atoms with Crippen molar-refractivity contribution in [2.75, 3.05) is 19.7 Å². The molecule has 1 unspecified atom stereocenters. The molecule has 0 radical (unpaired) electrons. The van der Waals surface area contributed by atoms with Gasteiger partial charge in [-0.2, -0.15) is 0 Å². The molecule has 3 heteroatoms. The molecule has 1 amide bonds. The summed E-state index contributed by atoms with van der Waals surface area (Å²) in [7, 11) is 0. The lowest BCUT2D eigenvalue weighted by atomic mass is 10.3. The van der Waals surface area contributed by atoms with Gasteiger partial charge in [0.05, 0.1) is 6.10 Å². The first kappa shape index (κ1) is 10.9. The van der Waals surface area contributed by atoms with E-state index in [1.54, 1.807) is 0 Å². The molecule has 1 saturated heterocycles. The summed E-state index contributed by atoms with van der Waals surface area (Å²) < 4.78 is 5.79. The second-order valence-corrected chi connectivity index (χ2v) is 4.78. The van der Waals surface area contributed by atoms with Crippen molar-refractivity contribution in [2.24, 2.45) is 5.92 Å². The Morgan fingerprint density at radius 3 is 2.87 bits per heavy atom. The van der Waals surface area contributed by atoms with Gasteiger partial charge in [0.25, 0.3) is 0 Å². The zero-order chi connectivity index (χ0) is 10.7. The van der Waals surface area contributed by atoms with E-state index in [-0.39, 0.29) is 0 Å². The summed E-state index contributed by atoms with van der Waals surface area (Å²) in [5.74, 6) is 1.13. The van der Waals surface area contributed by atoms with E-state index in [9.17, 15) is 4.79 Å². The predicted octanol–water partition coefficient (Wildman–Crippen LogP) is 1.81. The molecule has 0 aromatic rings. The van der Waals surface area contributed by atoms with Crippen molar-refractivity contribution < 1.29 is 9.53 Å². The van der Waals surface area contributed by atoms with Crippen molar-refractivity contribution in [3.8, 4) is 0 Å². The maximum Gasteiger partial charge on any atom is 0.222 e. The highest BCUT2D eigenvalue weighted by molar-refractivity contribution is 5.76. The topological polar surface area (TPSA) is 29.5 Å². The highest BCUT2D eigenvalue weighted by Gasteiger charge is 2.28. The van der Waals surface area contributed by atoms with Crippen LogP contribution < -0.4 is 0 Å². The monoisotopic (exact) mass is 211 g/mol.